The van der Waals surface area contributed by atoms with Crippen molar-refractivity contribution in [2.45, 2.75) is 58.0 Å². The summed E-state index contributed by atoms with van der Waals surface area (Å²) in [6.45, 7) is 3.57. The van der Waals surface area contributed by atoms with Crippen LogP contribution in [-0.2, 0) is 27.7 Å². The lowest BCUT2D eigenvalue weighted by molar-refractivity contribution is -0.122. The fraction of sp³-hybridized carbons (Fsp3) is 0.435. The lowest BCUT2D eigenvalue weighted by atomic mass is 9.88. The van der Waals surface area contributed by atoms with Crippen LogP contribution in [0.3, 0.4) is 0 Å². The van der Waals surface area contributed by atoms with Gasteiger partial charge in [0.2, 0.25) is 15.9 Å². The Morgan fingerprint density at radius 3 is 2.35 bits per heavy atom. The standard InChI is InChI=1S/C23H28Cl2N2O3S/c1-4-22(18-10-9-16-7-5-6-8-17(16)13-18)26-23(28)15(2)27(31(3,29)30)19-11-12-20(24)21(25)14-19/h9-15,22H,4-8H2,1-3H3,(H,26,28)/t15-,22+/m0/s1. The van der Waals surface area contributed by atoms with E-state index in [4.69, 9.17) is 23.2 Å². The molecule has 0 saturated heterocycles. The number of benzene rings is 2. The Hall–Kier alpha value is -1.76. The molecule has 5 nitrogen and oxygen atoms in total. The van der Waals surface area contributed by atoms with Crippen molar-refractivity contribution in [3.8, 4) is 0 Å². The second-order valence-electron chi connectivity index (χ2n) is 8.04. The Bertz CT molecular complexity index is 1070. The van der Waals surface area contributed by atoms with Gasteiger partial charge in [0.25, 0.3) is 0 Å². The molecule has 1 N–H and O–H groups in total. The van der Waals surface area contributed by atoms with Gasteiger partial charge in [-0.15, -0.1) is 0 Å². The molecule has 0 radical (unpaired) electrons. The number of nitrogens with zero attached hydrogens (tertiary/aromatic N) is 1. The highest BCUT2D eigenvalue weighted by Gasteiger charge is 2.30. The quantitative estimate of drug-likeness (QED) is 0.582. The van der Waals surface area contributed by atoms with Gasteiger partial charge in [0.05, 0.1) is 28.0 Å². The Labute approximate surface area is 194 Å². The molecule has 2 atom stereocenters. The lowest BCUT2D eigenvalue weighted by Crippen LogP contribution is -2.48. The second kappa shape index (κ2) is 9.80. The number of amides is 1. The number of nitrogens with one attached hydrogen (secondary N) is 1. The Balaban J connectivity index is 1.84. The zero-order chi connectivity index (χ0) is 22.8. The first-order valence-electron chi connectivity index (χ1n) is 10.5. The number of anilines is 1. The summed E-state index contributed by atoms with van der Waals surface area (Å²) >= 11 is 12.1. The number of sulfonamides is 1. The molecule has 2 aromatic carbocycles. The molecule has 168 valence electrons. The molecule has 3 rings (SSSR count). The summed E-state index contributed by atoms with van der Waals surface area (Å²) in [5.41, 5.74) is 4.07. The lowest BCUT2D eigenvalue weighted by Gasteiger charge is -2.30. The van der Waals surface area contributed by atoms with Crippen LogP contribution in [0.5, 0.6) is 0 Å². The van der Waals surface area contributed by atoms with Gasteiger partial charge in [-0.2, -0.15) is 0 Å². The van der Waals surface area contributed by atoms with Crippen LogP contribution in [0.1, 0.15) is 55.8 Å². The molecule has 2 aromatic rings. The predicted octanol–water partition coefficient (Wildman–Crippen LogP) is 5.29. The number of aryl methyl sites for hydroxylation is 2. The fourth-order valence-corrected chi connectivity index (χ4v) is 5.57. The van der Waals surface area contributed by atoms with Gasteiger partial charge in [-0.25, -0.2) is 8.42 Å². The molecular weight excluding hydrogens is 455 g/mol. The van der Waals surface area contributed by atoms with E-state index in [1.165, 1.54) is 36.1 Å². The molecule has 1 amide bonds. The highest BCUT2D eigenvalue weighted by Crippen LogP contribution is 2.30. The van der Waals surface area contributed by atoms with Gasteiger partial charge in [-0.05, 0) is 73.9 Å². The second-order valence-corrected chi connectivity index (χ2v) is 10.7. The molecule has 0 unspecified atom stereocenters. The molecule has 0 fully saturated rings. The van der Waals surface area contributed by atoms with E-state index in [2.05, 4.69) is 23.5 Å². The normalized spacial score (nSPS) is 15.6. The van der Waals surface area contributed by atoms with E-state index >= 15 is 0 Å². The number of carbonyl (C=O) groups excluding carboxylic acids is 1. The van der Waals surface area contributed by atoms with Crippen molar-refractivity contribution in [3.63, 3.8) is 0 Å². The average Bonchev–Trinajstić information content (AvgIpc) is 2.73. The summed E-state index contributed by atoms with van der Waals surface area (Å²) < 4.78 is 26.1. The van der Waals surface area contributed by atoms with Gasteiger partial charge in [0, 0.05) is 0 Å². The molecule has 0 saturated carbocycles. The van der Waals surface area contributed by atoms with Gasteiger partial charge < -0.3 is 5.32 Å². The average molecular weight is 483 g/mol. The highest BCUT2D eigenvalue weighted by molar-refractivity contribution is 7.92. The van der Waals surface area contributed by atoms with E-state index < -0.39 is 16.1 Å². The van der Waals surface area contributed by atoms with Gasteiger partial charge in [0.15, 0.2) is 0 Å². The van der Waals surface area contributed by atoms with Crippen LogP contribution in [0.2, 0.25) is 10.0 Å². The van der Waals surface area contributed by atoms with Crippen molar-refractivity contribution < 1.29 is 13.2 Å². The molecule has 0 aromatic heterocycles. The smallest absolute Gasteiger partial charge is 0.244 e. The van der Waals surface area contributed by atoms with Crippen LogP contribution in [0.4, 0.5) is 5.69 Å². The first-order chi connectivity index (χ1) is 14.6. The molecule has 8 heteroatoms. The van der Waals surface area contributed by atoms with Crippen LogP contribution in [0.25, 0.3) is 0 Å². The van der Waals surface area contributed by atoms with E-state index in [1.54, 1.807) is 13.0 Å². The number of hydrogen-bond acceptors (Lipinski definition) is 3. The number of halogens is 2. The van der Waals surface area contributed by atoms with E-state index in [0.29, 0.717) is 17.1 Å². The minimum Gasteiger partial charge on any atom is -0.347 e. The monoisotopic (exact) mass is 482 g/mol. The first-order valence-corrected chi connectivity index (χ1v) is 13.1. The maximum Gasteiger partial charge on any atom is 0.244 e. The number of rotatable bonds is 7. The molecule has 1 aliphatic rings. The van der Waals surface area contributed by atoms with Crippen LogP contribution in [-0.4, -0.2) is 26.6 Å². The van der Waals surface area contributed by atoms with Crippen LogP contribution in [0, 0.1) is 0 Å². The SMILES string of the molecule is CC[C@@H](NC(=O)[C@H](C)N(c1ccc(Cl)c(Cl)c1)S(C)(=O)=O)c1ccc2c(c1)CCCC2. The highest BCUT2D eigenvalue weighted by atomic mass is 35.5. The molecule has 0 aliphatic heterocycles. The zero-order valence-electron chi connectivity index (χ0n) is 18.0. The maximum absolute atomic E-state index is 13.1. The molecule has 0 bridgehead atoms. The number of hydrogen-bond donors (Lipinski definition) is 1. The van der Waals surface area contributed by atoms with Gasteiger partial charge in [-0.1, -0.05) is 48.3 Å². The maximum atomic E-state index is 13.1. The van der Waals surface area contributed by atoms with Gasteiger partial charge >= 0.3 is 0 Å². The van der Waals surface area contributed by atoms with E-state index in [0.717, 1.165) is 29.0 Å². The van der Waals surface area contributed by atoms with Gasteiger partial charge in [0.1, 0.15) is 6.04 Å². The van der Waals surface area contributed by atoms with Crippen molar-refractivity contribution in [1.29, 1.82) is 0 Å². The van der Waals surface area contributed by atoms with Gasteiger partial charge in [-0.3, -0.25) is 9.10 Å². The van der Waals surface area contributed by atoms with Crippen LogP contribution in [0.15, 0.2) is 36.4 Å². The van der Waals surface area contributed by atoms with Crippen molar-refractivity contribution in [2.75, 3.05) is 10.6 Å². The third-order valence-electron chi connectivity index (χ3n) is 5.75. The van der Waals surface area contributed by atoms with Crippen LogP contribution >= 0.6 is 23.2 Å². The van der Waals surface area contributed by atoms with Crippen molar-refractivity contribution in [1.82, 2.24) is 5.32 Å². The molecular formula is C23H28Cl2N2O3S. The molecule has 1 aliphatic carbocycles. The molecule has 31 heavy (non-hydrogen) atoms. The minimum atomic E-state index is -3.74. The largest absolute Gasteiger partial charge is 0.347 e. The topological polar surface area (TPSA) is 66.5 Å². The minimum absolute atomic E-state index is 0.197. The molecule has 0 spiro atoms. The summed E-state index contributed by atoms with van der Waals surface area (Å²) in [5, 5.41) is 3.57. The van der Waals surface area contributed by atoms with Crippen molar-refractivity contribution in [2.24, 2.45) is 0 Å². The number of fused-ring (bicyclic) bond motifs is 1. The third kappa shape index (κ3) is 5.54. The van der Waals surface area contributed by atoms with E-state index in [-0.39, 0.29) is 17.0 Å². The predicted molar refractivity (Wildman–Crippen MR) is 128 cm³/mol. The first kappa shape index (κ1) is 23.9. The zero-order valence-corrected chi connectivity index (χ0v) is 20.3. The summed E-state index contributed by atoms with van der Waals surface area (Å²) in [7, 11) is -3.74. The Morgan fingerprint density at radius 1 is 1.06 bits per heavy atom. The summed E-state index contributed by atoms with van der Waals surface area (Å²) in [4.78, 5) is 13.1. The van der Waals surface area contributed by atoms with Crippen molar-refractivity contribution >= 4 is 44.8 Å². The number of carbonyl (C=O) groups is 1. The van der Waals surface area contributed by atoms with E-state index in [9.17, 15) is 13.2 Å². The Morgan fingerprint density at radius 2 is 1.74 bits per heavy atom. The fourth-order valence-electron chi connectivity index (χ4n) is 4.11. The molecule has 0 heterocycles. The Kier molecular flexibility index (Phi) is 7.55. The summed E-state index contributed by atoms with van der Waals surface area (Å²) in [5.74, 6) is -0.374. The van der Waals surface area contributed by atoms with Crippen molar-refractivity contribution in [3.05, 3.63) is 63.1 Å². The third-order valence-corrected chi connectivity index (χ3v) is 7.73. The van der Waals surface area contributed by atoms with E-state index in [1.807, 2.05) is 6.92 Å². The summed E-state index contributed by atoms with van der Waals surface area (Å²) in [6, 6.07) is 9.76. The van der Waals surface area contributed by atoms with Crippen LogP contribution < -0.4 is 9.62 Å². The summed E-state index contributed by atoms with van der Waals surface area (Å²) in [6.07, 6.45) is 6.33.